The minimum atomic E-state index is -0.0884. The number of hydrogen-bond donors (Lipinski definition) is 3. The maximum Gasteiger partial charge on any atom is 0.243 e. The molecule has 3 N–H and O–H groups in total. The molecule has 1 rings (SSSR count). The van der Waals surface area contributed by atoms with Gasteiger partial charge in [-0.15, -0.1) is 0 Å². The van der Waals surface area contributed by atoms with E-state index in [9.17, 15) is 4.79 Å². The van der Waals surface area contributed by atoms with E-state index in [0.717, 1.165) is 29.8 Å². The number of aryl methyl sites for hydroxylation is 2. The fourth-order valence-electron chi connectivity index (χ4n) is 2.60. The van der Waals surface area contributed by atoms with Gasteiger partial charge in [-0.3, -0.25) is 4.79 Å². The average molecular weight is 350 g/mol. The molecule has 134 valence electrons. The number of benzene rings is 1. The second kappa shape index (κ2) is 11.0. The summed E-state index contributed by atoms with van der Waals surface area (Å²) in [6.07, 6.45) is 4.83. The molecule has 5 heteroatoms. The molecule has 0 aliphatic rings. The number of para-hydroxylation sites is 1. The third-order valence-electron chi connectivity index (χ3n) is 4.25. The summed E-state index contributed by atoms with van der Waals surface area (Å²) in [4.78, 5) is 12.1. The van der Waals surface area contributed by atoms with Crippen molar-refractivity contribution >= 4 is 28.9 Å². The number of rotatable bonds is 9. The van der Waals surface area contributed by atoms with Crippen LogP contribution in [0.2, 0.25) is 0 Å². The first kappa shape index (κ1) is 20.4. The normalized spacial score (nSPS) is 11.7. The quantitative estimate of drug-likeness (QED) is 0.592. The predicted molar refractivity (Wildman–Crippen MR) is 106 cm³/mol. The van der Waals surface area contributed by atoms with Gasteiger partial charge in [-0.05, 0) is 49.5 Å². The Bertz CT molecular complexity index is 525. The van der Waals surface area contributed by atoms with Gasteiger partial charge in [0, 0.05) is 12.2 Å². The molecule has 0 aromatic heterocycles. The topological polar surface area (TPSA) is 53.2 Å². The van der Waals surface area contributed by atoms with E-state index in [4.69, 9.17) is 12.2 Å². The lowest BCUT2D eigenvalue weighted by Gasteiger charge is -2.17. The number of carbonyl (C=O) groups is 1. The van der Waals surface area contributed by atoms with Crippen LogP contribution in [0.15, 0.2) is 18.2 Å². The molecule has 0 saturated carbocycles. The third-order valence-corrected chi connectivity index (χ3v) is 4.54. The molecule has 1 atom stereocenters. The van der Waals surface area contributed by atoms with Crippen LogP contribution in [0.1, 0.15) is 50.7 Å². The summed E-state index contributed by atoms with van der Waals surface area (Å²) in [7, 11) is 0. The maximum absolute atomic E-state index is 12.1. The van der Waals surface area contributed by atoms with Crippen molar-refractivity contribution in [2.24, 2.45) is 5.92 Å². The lowest BCUT2D eigenvalue weighted by molar-refractivity contribution is -0.115. The number of nitrogens with one attached hydrogen (secondary N) is 3. The van der Waals surface area contributed by atoms with Crippen LogP contribution in [0.5, 0.6) is 0 Å². The van der Waals surface area contributed by atoms with Crippen LogP contribution < -0.4 is 16.0 Å². The number of hydrogen-bond acceptors (Lipinski definition) is 2. The van der Waals surface area contributed by atoms with Crippen molar-refractivity contribution < 1.29 is 4.79 Å². The van der Waals surface area contributed by atoms with E-state index in [2.05, 4.69) is 29.8 Å². The molecule has 0 aliphatic heterocycles. The Morgan fingerprint density at radius 1 is 1.17 bits per heavy atom. The van der Waals surface area contributed by atoms with Crippen molar-refractivity contribution in [1.82, 2.24) is 10.6 Å². The summed E-state index contributed by atoms with van der Waals surface area (Å²) >= 11 is 5.27. The van der Waals surface area contributed by atoms with Crippen LogP contribution in [0.3, 0.4) is 0 Å². The summed E-state index contributed by atoms with van der Waals surface area (Å²) in [6, 6.07) is 5.97. The predicted octanol–water partition coefficient (Wildman–Crippen LogP) is 3.92. The van der Waals surface area contributed by atoms with E-state index in [1.54, 1.807) is 0 Å². The van der Waals surface area contributed by atoms with Crippen molar-refractivity contribution in [3.05, 3.63) is 29.3 Å². The smallest absolute Gasteiger partial charge is 0.243 e. The minimum Gasteiger partial charge on any atom is -0.362 e. The molecule has 0 spiro atoms. The van der Waals surface area contributed by atoms with E-state index in [0.29, 0.717) is 11.0 Å². The zero-order valence-electron chi connectivity index (χ0n) is 15.4. The molecule has 24 heavy (non-hydrogen) atoms. The van der Waals surface area contributed by atoms with Gasteiger partial charge in [0.05, 0.1) is 6.54 Å². The van der Waals surface area contributed by atoms with E-state index in [1.807, 2.05) is 32.0 Å². The van der Waals surface area contributed by atoms with Gasteiger partial charge in [0.15, 0.2) is 5.11 Å². The van der Waals surface area contributed by atoms with E-state index >= 15 is 0 Å². The van der Waals surface area contributed by atoms with Gasteiger partial charge in [0.1, 0.15) is 0 Å². The van der Waals surface area contributed by atoms with Crippen molar-refractivity contribution in [2.45, 2.75) is 53.4 Å². The molecule has 0 heterocycles. The van der Waals surface area contributed by atoms with Gasteiger partial charge in [0.2, 0.25) is 5.91 Å². The molecular weight excluding hydrogens is 318 g/mol. The van der Waals surface area contributed by atoms with E-state index < -0.39 is 0 Å². The molecule has 0 saturated heterocycles. The van der Waals surface area contributed by atoms with E-state index in [1.165, 1.54) is 19.3 Å². The third kappa shape index (κ3) is 7.30. The largest absolute Gasteiger partial charge is 0.362 e. The molecule has 0 fully saturated rings. The molecule has 1 aromatic carbocycles. The summed E-state index contributed by atoms with van der Waals surface area (Å²) in [5, 5.41) is 9.70. The first-order valence-electron chi connectivity index (χ1n) is 8.85. The Morgan fingerprint density at radius 3 is 2.42 bits per heavy atom. The molecule has 0 radical (unpaired) electrons. The highest BCUT2D eigenvalue weighted by molar-refractivity contribution is 7.80. The molecule has 0 bridgehead atoms. The molecule has 1 amide bonds. The summed E-state index contributed by atoms with van der Waals surface area (Å²) in [5.74, 6) is 0.544. The summed E-state index contributed by atoms with van der Waals surface area (Å²) in [6.45, 7) is 9.43. The van der Waals surface area contributed by atoms with Crippen molar-refractivity contribution in [1.29, 1.82) is 0 Å². The van der Waals surface area contributed by atoms with Gasteiger partial charge in [-0.2, -0.15) is 0 Å². The van der Waals surface area contributed by atoms with Gasteiger partial charge in [-0.1, -0.05) is 51.3 Å². The Labute approximate surface area is 151 Å². The second-order valence-electron chi connectivity index (χ2n) is 6.30. The Morgan fingerprint density at radius 2 is 1.83 bits per heavy atom. The molecule has 0 aliphatic carbocycles. The Balaban J connectivity index is 2.34. The summed E-state index contributed by atoms with van der Waals surface area (Å²) in [5.41, 5.74) is 3.00. The lowest BCUT2D eigenvalue weighted by atomic mass is 9.99. The van der Waals surface area contributed by atoms with Crippen LogP contribution in [0.25, 0.3) is 0 Å². The van der Waals surface area contributed by atoms with Gasteiger partial charge in [0.25, 0.3) is 0 Å². The average Bonchev–Trinajstić information content (AvgIpc) is 2.56. The first-order chi connectivity index (χ1) is 11.5. The molecule has 4 nitrogen and oxygen atoms in total. The molecule has 1 aromatic rings. The van der Waals surface area contributed by atoms with Crippen molar-refractivity contribution in [2.75, 3.05) is 18.4 Å². The first-order valence-corrected chi connectivity index (χ1v) is 9.26. The zero-order chi connectivity index (χ0) is 17.9. The second-order valence-corrected chi connectivity index (χ2v) is 6.70. The minimum absolute atomic E-state index is 0.0884. The van der Waals surface area contributed by atoms with Crippen LogP contribution >= 0.6 is 12.2 Å². The molecular formula is C19H31N3OS. The fraction of sp³-hybridized carbons (Fsp3) is 0.579. The number of thiocarbonyl (C=S) groups is 1. The zero-order valence-corrected chi connectivity index (χ0v) is 16.2. The number of anilines is 1. The van der Waals surface area contributed by atoms with Gasteiger partial charge in [-0.25, -0.2) is 0 Å². The van der Waals surface area contributed by atoms with Crippen molar-refractivity contribution in [3.63, 3.8) is 0 Å². The van der Waals surface area contributed by atoms with Crippen LogP contribution in [0.4, 0.5) is 5.69 Å². The standard InChI is InChI=1S/C19H31N3OS/c1-5-7-11-16(6-2)12-20-19(24)21-13-17(23)22-18-14(3)9-8-10-15(18)4/h8-10,16H,5-7,11-13H2,1-4H3,(H,22,23)(H2,20,21,24)/t16-/m1/s1. The van der Waals surface area contributed by atoms with Crippen molar-refractivity contribution in [3.8, 4) is 0 Å². The Kier molecular flexibility index (Phi) is 9.38. The van der Waals surface area contributed by atoms with Gasteiger partial charge < -0.3 is 16.0 Å². The number of amides is 1. The maximum atomic E-state index is 12.1. The highest BCUT2D eigenvalue weighted by atomic mass is 32.1. The highest BCUT2D eigenvalue weighted by Crippen LogP contribution is 2.19. The molecule has 0 unspecified atom stereocenters. The fourth-order valence-corrected chi connectivity index (χ4v) is 2.75. The van der Waals surface area contributed by atoms with Crippen LogP contribution in [-0.2, 0) is 4.79 Å². The lowest BCUT2D eigenvalue weighted by Crippen LogP contribution is -2.41. The Hall–Kier alpha value is -1.62. The number of unbranched alkanes of at least 4 members (excludes halogenated alkanes) is 1. The highest BCUT2D eigenvalue weighted by Gasteiger charge is 2.09. The monoisotopic (exact) mass is 349 g/mol. The van der Waals surface area contributed by atoms with Crippen LogP contribution in [0, 0.1) is 19.8 Å². The van der Waals surface area contributed by atoms with Gasteiger partial charge >= 0.3 is 0 Å². The summed E-state index contributed by atoms with van der Waals surface area (Å²) < 4.78 is 0. The number of carbonyl (C=O) groups excluding carboxylic acids is 1. The van der Waals surface area contributed by atoms with Crippen LogP contribution in [-0.4, -0.2) is 24.1 Å². The SMILES string of the molecule is CCCC[C@@H](CC)CNC(=S)NCC(=O)Nc1c(C)cccc1C. The van der Waals surface area contributed by atoms with E-state index in [-0.39, 0.29) is 12.5 Å².